The number of nitrogens with two attached hydrogens (primary N) is 1. The Morgan fingerprint density at radius 3 is 2.93 bits per heavy atom. The molecule has 0 atom stereocenters. The second-order valence-corrected chi connectivity index (χ2v) is 5.11. The van der Waals surface area contributed by atoms with Crippen molar-refractivity contribution in [2.45, 2.75) is 12.8 Å². The van der Waals surface area contributed by atoms with Crippen molar-refractivity contribution in [2.24, 2.45) is 5.92 Å². The molecular weight excluding hydrogens is 206 g/mol. The number of aromatic nitrogens is 1. The number of hydrogen-bond acceptors (Lipinski definition) is 4. The number of nitrogens with one attached hydrogen (secondary N) is 1. The molecule has 0 unspecified atom stereocenters. The molecule has 0 amide bonds. The van der Waals surface area contributed by atoms with Crippen LogP contribution in [0.4, 0.5) is 11.6 Å². The highest BCUT2D eigenvalue weighted by molar-refractivity contribution is 7.99. The average molecular weight is 223 g/mol. The first-order valence-corrected chi connectivity index (χ1v) is 6.54. The summed E-state index contributed by atoms with van der Waals surface area (Å²) in [6.45, 7) is 1.02. The van der Waals surface area contributed by atoms with Crippen molar-refractivity contribution in [3.8, 4) is 0 Å². The van der Waals surface area contributed by atoms with E-state index in [1.165, 1.54) is 24.3 Å². The number of anilines is 2. The van der Waals surface area contributed by atoms with Gasteiger partial charge in [-0.05, 0) is 42.4 Å². The highest BCUT2D eigenvalue weighted by Crippen LogP contribution is 2.22. The minimum atomic E-state index is 0.583. The lowest BCUT2D eigenvalue weighted by molar-refractivity contribution is 0.515. The molecule has 0 aliphatic carbocycles. The van der Waals surface area contributed by atoms with Crippen molar-refractivity contribution in [2.75, 3.05) is 29.1 Å². The summed E-state index contributed by atoms with van der Waals surface area (Å²) in [5.41, 5.74) is 5.61. The van der Waals surface area contributed by atoms with Crippen molar-refractivity contribution >= 4 is 23.4 Å². The van der Waals surface area contributed by atoms with E-state index in [1.807, 2.05) is 18.2 Å². The van der Waals surface area contributed by atoms with E-state index in [2.05, 4.69) is 22.1 Å². The Balaban J connectivity index is 1.81. The van der Waals surface area contributed by atoms with Crippen molar-refractivity contribution < 1.29 is 0 Å². The summed E-state index contributed by atoms with van der Waals surface area (Å²) in [6, 6.07) is 5.71. The normalized spacial score (nSPS) is 17.6. The maximum Gasteiger partial charge on any atom is 0.128 e. The maximum atomic E-state index is 5.61. The second kappa shape index (κ2) is 5.26. The molecule has 15 heavy (non-hydrogen) atoms. The van der Waals surface area contributed by atoms with Crippen LogP contribution in [0.25, 0.3) is 0 Å². The Morgan fingerprint density at radius 1 is 1.40 bits per heavy atom. The van der Waals surface area contributed by atoms with Gasteiger partial charge in [0.2, 0.25) is 0 Å². The molecule has 1 aliphatic rings. The standard InChI is InChI=1S/C11H17N3S/c12-10-2-1-3-11(14-10)13-8-9-4-6-15-7-5-9/h1-3,9H,4-8H2,(H3,12,13,14). The number of nitrogens with zero attached hydrogens (tertiary/aromatic N) is 1. The summed E-state index contributed by atoms with van der Waals surface area (Å²) in [4.78, 5) is 4.22. The lowest BCUT2D eigenvalue weighted by Crippen LogP contribution is -2.19. The first-order valence-electron chi connectivity index (χ1n) is 5.39. The molecule has 3 N–H and O–H groups in total. The third-order valence-corrected chi connectivity index (χ3v) is 3.73. The molecule has 1 fully saturated rings. The van der Waals surface area contributed by atoms with E-state index >= 15 is 0 Å². The van der Waals surface area contributed by atoms with Gasteiger partial charge in [0.25, 0.3) is 0 Å². The zero-order chi connectivity index (χ0) is 10.5. The molecule has 2 rings (SSSR count). The fourth-order valence-corrected chi connectivity index (χ4v) is 2.95. The van der Waals surface area contributed by atoms with E-state index in [9.17, 15) is 0 Å². The third kappa shape index (κ3) is 3.30. The van der Waals surface area contributed by atoms with Crippen LogP contribution in [-0.2, 0) is 0 Å². The SMILES string of the molecule is Nc1cccc(NCC2CCSCC2)n1. The largest absolute Gasteiger partial charge is 0.384 e. The molecule has 1 aromatic heterocycles. The molecule has 0 saturated carbocycles. The van der Waals surface area contributed by atoms with Gasteiger partial charge in [-0.1, -0.05) is 6.07 Å². The Hall–Kier alpha value is -0.900. The fourth-order valence-electron chi connectivity index (χ4n) is 1.75. The van der Waals surface area contributed by atoms with E-state index in [0.29, 0.717) is 5.82 Å². The van der Waals surface area contributed by atoms with Gasteiger partial charge in [-0.3, -0.25) is 0 Å². The summed E-state index contributed by atoms with van der Waals surface area (Å²) in [5, 5.41) is 3.35. The van der Waals surface area contributed by atoms with Gasteiger partial charge >= 0.3 is 0 Å². The van der Waals surface area contributed by atoms with Crippen LogP contribution in [0.5, 0.6) is 0 Å². The molecule has 2 heterocycles. The molecule has 1 aromatic rings. The van der Waals surface area contributed by atoms with Gasteiger partial charge in [-0.25, -0.2) is 4.98 Å². The van der Waals surface area contributed by atoms with Crippen LogP contribution in [-0.4, -0.2) is 23.0 Å². The first kappa shape index (κ1) is 10.6. The Morgan fingerprint density at radius 2 is 2.20 bits per heavy atom. The highest BCUT2D eigenvalue weighted by Gasteiger charge is 2.13. The number of thioether (sulfide) groups is 1. The van der Waals surface area contributed by atoms with Crippen LogP contribution in [0.2, 0.25) is 0 Å². The van der Waals surface area contributed by atoms with Crippen molar-refractivity contribution in [1.82, 2.24) is 4.98 Å². The van der Waals surface area contributed by atoms with Gasteiger partial charge < -0.3 is 11.1 Å². The molecule has 82 valence electrons. The fraction of sp³-hybridized carbons (Fsp3) is 0.545. The summed E-state index contributed by atoms with van der Waals surface area (Å²) in [6.07, 6.45) is 2.64. The summed E-state index contributed by atoms with van der Waals surface area (Å²) in [5.74, 6) is 4.88. The second-order valence-electron chi connectivity index (χ2n) is 3.88. The molecule has 0 bridgehead atoms. The van der Waals surface area contributed by atoms with Crippen LogP contribution in [0.3, 0.4) is 0 Å². The number of pyridine rings is 1. The van der Waals surface area contributed by atoms with Gasteiger partial charge in [-0.2, -0.15) is 11.8 Å². The van der Waals surface area contributed by atoms with Gasteiger partial charge in [0.05, 0.1) is 0 Å². The zero-order valence-electron chi connectivity index (χ0n) is 8.78. The smallest absolute Gasteiger partial charge is 0.128 e. The number of rotatable bonds is 3. The summed E-state index contributed by atoms with van der Waals surface area (Å²) < 4.78 is 0. The van der Waals surface area contributed by atoms with Crippen LogP contribution in [0.1, 0.15) is 12.8 Å². The monoisotopic (exact) mass is 223 g/mol. The zero-order valence-corrected chi connectivity index (χ0v) is 9.59. The topological polar surface area (TPSA) is 50.9 Å². The molecule has 1 aliphatic heterocycles. The van der Waals surface area contributed by atoms with Gasteiger partial charge in [0.1, 0.15) is 11.6 Å². The minimum absolute atomic E-state index is 0.583. The Kier molecular flexibility index (Phi) is 3.72. The van der Waals surface area contributed by atoms with E-state index < -0.39 is 0 Å². The Labute approximate surface area is 94.8 Å². The van der Waals surface area contributed by atoms with E-state index in [0.717, 1.165) is 18.3 Å². The Bertz CT molecular complexity index is 310. The van der Waals surface area contributed by atoms with Crippen molar-refractivity contribution in [3.63, 3.8) is 0 Å². The molecular formula is C11H17N3S. The van der Waals surface area contributed by atoms with Crippen molar-refractivity contribution in [1.29, 1.82) is 0 Å². The van der Waals surface area contributed by atoms with Gasteiger partial charge in [0, 0.05) is 6.54 Å². The maximum absolute atomic E-state index is 5.61. The van der Waals surface area contributed by atoms with Crippen LogP contribution < -0.4 is 11.1 Å². The van der Waals surface area contributed by atoms with Crippen LogP contribution >= 0.6 is 11.8 Å². The summed E-state index contributed by atoms with van der Waals surface area (Å²) >= 11 is 2.06. The van der Waals surface area contributed by atoms with Crippen LogP contribution in [0.15, 0.2) is 18.2 Å². The first-order chi connectivity index (χ1) is 7.34. The molecule has 1 saturated heterocycles. The quantitative estimate of drug-likeness (QED) is 0.825. The third-order valence-electron chi connectivity index (χ3n) is 2.68. The van der Waals surface area contributed by atoms with E-state index in [1.54, 1.807) is 0 Å². The van der Waals surface area contributed by atoms with Crippen LogP contribution in [0, 0.1) is 5.92 Å². The van der Waals surface area contributed by atoms with E-state index in [4.69, 9.17) is 5.73 Å². The molecule has 4 heteroatoms. The number of hydrogen-bond donors (Lipinski definition) is 2. The molecule has 3 nitrogen and oxygen atoms in total. The predicted molar refractivity (Wildman–Crippen MR) is 67.2 cm³/mol. The lowest BCUT2D eigenvalue weighted by Gasteiger charge is -2.21. The summed E-state index contributed by atoms with van der Waals surface area (Å²) in [7, 11) is 0. The predicted octanol–water partition coefficient (Wildman–Crippen LogP) is 2.22. The average Bonchev–Trinajstić information content (AvgIpc) is 2.28. The van der Waals surface area contributed by atoms with E-state index in [-0.39, 0.29) is 0 Å². The number of nitrogen functional groups attached to an aromatic ring is 1. The lowest BCUT2D eigenvalue weighted by atomic mass is 10.0. The van der Waals surface area contributed by atoms with Gasteiger partial charge in [0.15, 0.2) is 0 Å². The van der Waals surface area contributed by atoms with Gasteiger partial charge in [-0.15, -0.1) is 0 Å². The molecule has 0 radical (unpaired) electrons. The minimum Gasteiger partial charge on any atom is -0.384 e. The molecule has 0 aromatic carbocycles. The van der Waals surface area contributed by atoms with Crippen molar-refractivity contribution in [3.05, 3.63) is 18.2 Å². The molecule has 0 spiro atoms. The highest BCUT2D eigenvalue weighted by atomic mass is 32.2.